The van der Waals surface area contributed by atoms with E-state index < -0.39 is 5.79 Å². The van der Waals surface area contributed by atoms with Crippen LogP contribution in [0.2, 0.25) is 0 Å². The van der Waals surface area contributed by atoms with Gasteiger partial charge in [0.05, 0.1) is 19.8 Å². The zero-order valence-corrected chi connectivity index (χ0v) is 13.3. The Balaban J connectivity index is 2.46. The fraction of sp³-hybridized carbons (Fsp3) is 0.647. The lowest BCUT2D eigenvalue weighted by molar-refractivity contribution is -0.167. The molecule has 0 N–H and O–H groups in total. The molecule has 0 aromatic heterocycles. The monoisotopic (exact) mass is 278 g/mol. The number of rotatable bonds is 4. The van der Waals surface area contributed by atoms with Crippen molar-refractivity contribution in [3.8, 4) is 5.75 Å². The maximum Gasteiger partial charge on any atom is 0.194 e. The fourth-order valence-electron chi connectivity index (χ4n) is 2.66. The van der Waals surface area contributed by atoms with E-state index in [-0.39, 0.29) is 5.41 Å². The molecule has 3 nitrogen and oxygen atoms in total. The lowest BCUT2D eigenvalue weighted by atomic mass is 9.84. The van der Waals surface area contributed by atoms with Crippen molar-refractivity contribution in [2.45, 2.75) is 52.2 Å². The first-order valence-corrected chi connectivity index (χ1v) is 7.48. The van der Waals surface area contributed by atoms with Crippen LogP contribution in [0.25, 0.3) is 0 Å². The molecule has 0 unspecified atom stereocenters. The van der Waals surface area contributed by atoms with Gasteiger partial charge in [0.25, 0.3) is 0 Å². The summed E-state index contributed by atoms with van der Waals surface area (Å²) in [6, 6.07) is 6.29. The Morgan fingerprint density at radius 2 is 1.80 bits per heavy atom. The summed E-state index contributed by atoms with van der Waals surface area (Å²) in [5, 5.41) is 0. The minimum atomic E-state index is -0.579. The molecule has 0 atom stereocenters. The second kappa shape index (κ2) is 5.74. The number of benzene rings is 1. The molecule has 20 heavy (non-hydrogen) atoms. The molecule has 0 saturated carbocycles. The number of hydrogen-bond acceptors (Lipinski definition) is 3. The molecule has 1 saturated heterocycles. The zero-order chi connectivity index (χ0) is 14.8. The van der Waals surface area contributed by atoms with Crippen molar-refractivity contribution >= 4 is 0 Å². The fourth-order valence-corrected chi connectivity index (χ4v) is 2.66. The molecule has 0 bridgehead atoms. The van der Waals surface area contributed by atoms with Gasteiger partial charge in [-0.3, -0.25) is 0 Å². The molecule has 0 spiro atoms. The second-order valence-electron chi connectivity index (χ2n) is 6.20. The molecule has 3 heteroatoms. The third kappa shape index (κ3) is 2.84. The van der Waals surface area contributed by atoms with Crippen LogP contribution in [0.4, 0.5) is 0 Å². The molecule has 1 fully saturated rings. The van der Waals surface area contributed by atoms with E-state index in [1.165, 1.54) is 5.56 Å². The lowest BCUT2D eigenvalue weighted by Gasteiger charge is -2.30. The van der Waals surface area contributed by atoms with E-state index >= 15 is 0 Å². The molecule has 0 amide bonds. The SMILES string of the molecule is CCOc1ccc(C2(CC)OCCO2)cc1C(C)(C)C. The Labute approximate surface area is 122 Å². The molecular formula is C17H26O3. The van der Waals surface area contributed by atoms with Gasteiger partial charge in [-0.1, -0.05) is 27.7 Å². The Morgan fingerprint density at radius 3 is 2.30 bits per heavy atom. The van der Waals surface area contributed by atoms with Crippen LogP contribution in [0.3, 0.4) is 0 Å². The van der Waals surface area contributed by atoms with E-state index in [1.54, 1.807) is 0 Å². The van der Waals surface area contributed by atoms with Crippen molar-refractivity contribution in [3.05, 3.63) is 29.3 Å². The molecule has 0 radical (unpaired) electrons. The van der Waals surface area contributed by atoms with Crippen molar-refractivity contribution < 1.29 is 14.2 Å². The van der Waals surface area contributed by atoms with Crippen LogP contribution in [0.1, 0.15) is 52.2 Å². The van der Waals surface area contributed by atoms with E-state index in [1.807, 2.05) is 13.0 Å². The Hall–Kier alpha value is -1.06. The van der Waals surface area contributed by atoms with Gasteiger partial charge < -0.3 is 14.2 Å². The van der Waals surface area contributed by atoms with Crippen molar-refractivity contribution in [2.24, 2.45) is 0 Å². The molecule has 0 aliphatic carbocycles. The third-order valence-electron chi connectivity index (χ3n) is 3.75. The summed E-state index contributed by atoms with van der Waals surface area (Å²) in [5.41, 5.74) is 2.31. The zero-order valence-electron chi connectivity index (χ0n) is 13.3. The third-order valence-corrected chi connectivity index (χ3v) is 3.75. The predicted molar refractivity (Wildman–Crippen MR) is 80.2 cm³/mol. The topological polar surface area (TPSA) is 27.7 Å². The van der Waals surface area contributed by atoms with Gasteiger partial charge >= 0.3 is 0 Å². The van der Waals surface area contributed by atoms with Crippen LogP contribution >= 0.6 is 0 Å². The van der Waals surface area contributed by atoms with E-state index in [4.69, 9.17) is 14.2 Å². The van der Waals surface area contributed by atoms with Gasteiger partial charge in [-0.05, 0) is 36.1 Å². The molecule has 1 aromatic rings. The normalized spacial score (nSPS) is 18.2. The average Bonchev–Trinajstić information content (AvgIpc) is 2.88. The Morgan fingerprint density at radius 1 is 1.15 bits per heavy atom. The van der Waals surface area contributed by atoms with Crippen molar-refractivity contribution in [1.82, 2.24) is 0 Å². The minimum Gasteiger partial charge on any atom is -0.494 e. The standard InChI is InChI=1S/C17H26O3/c1-6-17(19-10-11-20-17)13-8-9-15(18-7-2)14(12-13)16(3,4)5/h8-9,12H,6-7,10-11H2,1-5H3. The first kappa shape index (κ1) is 15.3. The maximum absolute atomic E-state index is 5.88. The van der Waals surface area contributed by atoms with Gasteiger partial charge in [0.2, 0.25) is 0 Å². The van der Waals surface area contributed by atoms with Gasteiger partial charge in [-0.15, -0.1) is 0 Å². The van der Waals surface area contributed by atoms with Crippen LogP contribution in [-0.4, -0.2) is 19.8 Å². The summed E-state index contributed by atoms with van der Waals surface area (Å²) in [6.45, 7) is 12.7. The van der Waals surface area contributed by atoms with Crippen molar-refractivity contribution in [2.75, 3.05) is 19.8 Å². The minimum absolute atomic E-state index is 0.0219. The Bertz CT molecular complexity index is 454. The molecule has 1 aromatic carbocycles. The molecular weight excluding hydrogens is 252 g/mol. The van der Waals surface area contributed by atoms with E-state index in [2.05, 4.69) is 39.8 Å². The van der Waals surface area contributed by atoms with Crippen LogP contribution in [0, 0.1) is 0 Å². The molecule has 2 rings (SSSR count). The highest BCUT2D eigenvalue weighted by Crippen LogP contribution is 2.39. The lowest BCUT2D eigenvalue weighted by Crippen LogP contribution is -2.27. The van der Waals surface area contributed by atoms with Gasteiger partial charge in [-0.25, -0.2) is 0 Å². The highest BCUT2D eigenvalue weighted by Gasteiger charge is 2.37. The van der Waals surface area contributed by atoms with Gasteiger partial charge in [0.1, 0.15) is 5.75 Å². The maximum atomic E-state index is 5.88. The first-order chi connectivity index (χ1) is 9.43. The van der Waals surface area contributed by atoms with Gasteiger partial charge in [0, 0.05) is 12.0 Å². The van der Waals surface area contributed by atoms with Crippen molar-refractivity contribution in [3.63, 3.8) is 0 Å². The van der Waals surface area contributed by atoms with Crippen LogP contribution in [0.15, 0.2) is 18.2 Å². The quantitative estimate of drug-likeness (QED) is 0.833. The summed E-state index contributed by atoms with van der Waals surface area (Å²) in [5.74, 6) is 0.373. The van der Waals surface area contributed by atoms with Crippen LogP contribution < -0.4 is 4.74 Å². The highest BCUT2D eigenvalue weighted by molar-refractivity contribution is 5.43. The molecule has 1 heterocycles. The first-order valence-electron chi connectivity index (χ1n) is 7.48. The molecule has 112 valence electrons. The second-order valence-corrected chi connectivity index (χ2v) is 6.20. The predicted octanol–water partition coefficient (Wildman–Crippen LogP) is 3.99. The summed E-state index contributed by atoms with van der Waals surface area (Å²) < 4.78 is 17.5. The summed E-state index contributed by atoms with van der Waals surface area (Å²) >= 11 is 0. The average molecular weight is 278 g/mol. The highest BCUT2D eigenvalue weighted by atomic mass is 16.7. The smallest absolute Gasteiger partial charge is 0.194 e. The van der Waals surface area contributed by atoms with E-state index in [9.17, 15) is 0 Å². The van der Waals surface area contributed by atoms with Crippen LogP contribution in [-0.2, 0) is 20.7 Å². The van der Waals surface area contributed by atoms with Gasteiger partial charge in [-0.2, -0.15) is 0 Å². The number of ether oxygens (including phenoxy) is 3. The molecule has 1 aliphatic rings. The summed E-state index contributed by atoms with van der Waals surface area (Å²) in [7, 11) is 0. The van der Waals surface area contributed by atoms with E-state index in [0.717, 1.165) is 17.7 Å². The summed E-state index contributed by atoms with van der Waals surface area (Å²) in [6.07, 6.45) is 0.810. The van der Waals surface area contributed by atoms with Gasteiger partial charge in [0.15, 0.2) is 5.79 Å². The van der Waals surface area contributed by atoms with E-state index in [0.29, 0.717) is 19.8 Å². The Kier molecular flexibility index (Phi) is 4.40. The summed E-state index contributed by atoms with van der Waals surface area (Å²) in [4.78, 5) is 0. The van der Waals surface area contributed by atoms with Crippen LogP contribution in [0.5, 0.6) is 5.75 Å². The number of hydrogen-bond donors (Lipinski definition) is 0. The van der Waals surface area contributed by atoms with Crippen molar-refractivity contribution in [1.29, 1.82) is 0 Å². The molecule has 1 aliphatic heterocycles. The largest absolute Gasteiger partial charge is 0.494 e.